The fourth-order valence-corrected chi connectivity index (χ4v) is 2.72. The number of hydrogen-bond acceptors (Lipinski definition) is 7. The van der Waals surface area contributed by atoms with Crippen LogP contribution in [0.25, 0.3) is 16.7 Å². The van der Waals surface area contributed by atoms with Crippen LogP contribution >= 0.6 is 0 Å². The molecule has 1 aromatic carbocycles. The summed E-state index contributed by atoms with van der Waals surface area (Å²) in [6, 6.07) is 6.72. The fourth-order valence-electron chi connectivity index (χ4n) is 2.72. The number of nitrogens with two attached hydrogens (primary N) is 1. The lowest BCUT2D eigenvalue weighted by Crippen LogP contribution is -2.29. The van der Waals surface area contributed by atoms with Gasteiger partial charge in [-0.15, -0.1) is 0 Å². The normalized spacial score (nSPS) is 12.2. The first-order valence-corrected chi connectivity index (χ1v) is 7.89. The molecule has 134 valence electrons. The molecular formula is C18H18N4O4. The number of aliphatic hydroxyl groups is 1. The molecule has 26 heavy (non-hydrogen) atoms. The van der Waals surface area contributed by atoms with Crippen LogP contribution < -0.4 is 11.3 Å². The second kappa shape index (κ2) is 6.57. The summed E-state index contributed by atoms with van der Waals surface area (Å²) in [6.07, 6.45) is 0.832. The molecule has 0 unspecified atom stereocenters. The fraction of sp³-hybridized carbons (Fsp3) is 0.222. The molecule has 1 atom stereocenters. The smallest absolute Gasteiger partial charge is 0.345 e. The highest BCUT2D eigenvalue weighted by molar-refractivity contribution is 6.03. The van der Waals surface area contributed by atoms with Gasteiger partial charge in [-0.25, -0.2) is 14.8 Å². The number of pyridine rings is 1. The number of benzene rings is 1. The Bertz CT molecular complexity index is 1060. The van der Waals surface area contributed by atoms with Crippen LogP contribution in [0, 0.1) is 6.92 Å². The van der Waals surface area contributed by atoms with Crippen molar-refractivity contribution in [3.63, 3.8) is 0 Å². The number of fused-ring (bicyclic) bond motifs is 1. The van der Waals surface area contributed by atoms with Crippen LogP contribution in [0.2, 0.25) is 0 Å². The van der Waals surface area contributed by atoms with Gasteiger partial charge in [0.15, 0.2) is 5.65 Å². The number of esters is 1. The van der Waals surface area contributed by atoms with E-state index in [4.69, 9.17) is 10.5 Å². The molecule has 3 rings (SSSR count). The second-order valence-corrected chi connectivity index (χ2v) is 5.84. The number of anilines is 1. The largest absolute Gasteiger partial charge is 0.465 e. The molecule has 0 aliphatic rings. The number of rotatable bonds is 3. The Kier molecular flexibility index (Phi) is 4.43. The van der Waals surface area contributed by atoms with Gasteiger partial charge in [-0.05, 0) is 31.5 Å². The Morgan fingerprint density at radius 3 is 2.54 bits per heavy atom. The third-order valence-corrected chi connectivity index (χ3v) is 4.10. The standard InChI is InChI=1S/C18H18N4O4/c1-9(23)11-4-6-12(7-5-11)22-16-13(8-20-10(2)21-16)15(19)14(17(22)24)18(25)26-3/h4-9,23H,19H2,1-3H3/t9-/m1/s1. The van der Waals surface area contributed by atoms with Gasteiger partial charge < -0.3 is 15.6 Å². The third-order valence-electron chi connectivity index (χ3n) is 4.10. The predicted molar refractivity (Wildman–Crippen MR) is 96.3 cm³/mol. The van der Waals surface area contributed by atoms with Crippen molar-refractivity contribution in [1.82, 2.24) is 14.5 Å². The SMILES string of the molecule is COC(=O)c1c(N)c2cnc(C)nc2n(-c2ccc([C@@H](C)O)cc2)c1=O. The van der Waals surface area contributed by atoms with Crippen molar-refractivity contribution in [2.24, 2.45) is 0 Å². The van der Waals surface area contributed by atoms with Crippen molar-refractivity contribution < 1.29 is 14.6 Å². The van der Waals surface area contributed by atoms with Gasteiger partial charge in [-0.1, -0.05) is 12.1 Å². The zero-order valence-corrected chi connectivity index (χ0v) is 14.6. The highest BCUT2D eigenvalue weighted by Gasteiger charge is 2.23. The molecule has 2 heterocycles. The highest BCUT2D eigenvalue weighted by Crippen LogP contribution is 2.24. The second-order valence-electron chi connectivity index (χ2n) is 5.84. The molecular weight excluding hydrogens is 336 g/mol. The van der Waals surface area contributed by atoms with Gasteiger partial charge in [0.25, 0.3) is 5.56 Å². The molecule has 0 saturated carbocycles. The number of aliphatic hydroxyl groups excluding tert-OH is 1. The van der Waals surface area contributed by atoms with E-state index in [1.54, 1.807) is 38.1 Å². The maximum atomic E-state index is 13.0. The zero-order chi connectivity index (χ0) is 19.0. The number of ether oxygens (including phenoxy) is 1. The van der Waals surface area contributed by atoms with Crippen molar-refractivity contribution in [3.8, 4) is 5.69 Å². The van der Waals surface area contributed by atoms with Gasteiger partial charge in [0.2, 0.25) is 0 Å². The van der Waals surface area contributed by atoms with Crippen molar-refractivity contribution >= 4 is 22.7 Å². The summed E-state index contributed by atoms with van der Waals surface area (Å²) in [6.45, 7) is 3.33. The monoisotopic (exact) mass is 354 g/mol. The Morgan fingerprint density at radius 2 is 1.96 bits per heavy atom. The van der Waals surface area contributed by atoms with Crippen LogP contribution in [-0.4, -0.2) is 32.7 Å². The minimum atomic E-state index is -0.829. The first kappa shape index (κ1) is 17.6. The van der Waals surface area contributed by atoms with Gasteiger partial charge in [-0.3, -0.25) is 9.36 Å². The first-order valence-electron chi connectivity index (χ1n) is 7.89. The average molecular weight is 354 g/mol. The van der Waals surface area contributed by atoms with Crippen LogP contribution in [0.15, 0.2) is 35.3 Å². The van der Waals surface area contributed by atoms with E-state index in [0.717, 1.165) is 0 Å². The summed E-state index contributed by atoms with van der Waals surface area (Å²) in [5.41, 5.74) is 6.57. The van der Waals surface area contributed by atoms with Gasteiger partial charge in [0.1, 0.15) is 11.4 Å². The Morgan fingerprint density at radius 1 is 1.31 bits per heavy atom. The molecule has 0 fully saturated rings. The highest BCUT2D eigenvalue weighted by atomic mass is 16.5. The summed E-state index contributed by atoms with van der Waals surface area (Å²) in [7, 11) is 1.18. The molecule has 8 nitrogen and oxygen atoms in total. The van der Waals surface area contributed by atoms with Crippen LogP contribution in [0.1, 0.15) is 34.8 Å². The van der Waals surface area contributed by atoms with Gasteiger partial charge >= 0.3 is 5.97 Å². The predicted octanol–water partition coefficient (Wildman–Crippen LogP) is 1.51. The quantitative estimate of drug-likeness (QED) is 0.684. The molecule has 3 N–H and O–H groups in total. The Balaban J connectivity index is 2.41. The topological polar surface area (TPSA) is 120 Å². The van der Waals surface area contributed by atoms with E-state index in [1.807, 2.05) is 0 Å². The molecule has 0 radical (unpaired) electrons. The van der Waals surface area contributed by atoms with Crippen molar-refractivity contribution in [2.45, 2.75) is 20.0 Å². The van der Waals surface area contributed by atoms with Crippen LogP contribution in [-0.2, 0) is 4.74 Å². The molecule has 2 aromatic heterocycles. The molecule has 3 aromatic rings. The maximum absolute atomic E-state index is 13.0. The van der Waals surface area contributed by atoms with E-state index in [-0.39, 0.29) is 16.9 Å². The minimum Gasteiger partial charge on any atom is -0.465 e. The average Bonchev–Trinajstić information content (AvgIpc) is 2.61. The van der Waals surface area contributed by atoms with Crippen molar-refractivity contribution in [3.05, 3.63) is 57.8 Å². The minimum absolute atomic E-state index is 0.0197. The van der Waals surface area contributed by atoms with Crippen molar-refractivity contribution in [2.75, 3.05) is 12.8 Å². The van der Waals surface area contributed by atoms with E-state index in [1.165, 1.54) is 17.9 Å². The number of aryl methyl sites for hydroxylation is 1. The van der Waals surface area contributed by atoms with Crippen LogP contribution in [0.3, 0.4) is 0 Å². The van der Waals surface area contributed by atoms with Crippen LogP contribution in [0.5, 0.6) is 0 Å². The molecule has 0 bridgehead atoms. The lowest BCUT2D eigenvalue weighted by molar-refractivity contribution is 0.0600. The number of nitrogen functional groups attached to an aromatic ring is 1. The molecule has 0 aliphatic heterocycles. The van der Waals surface area contributed by atoms with Gasteiger partial charge in [0, 0.05) is 6.20 Å². The number of methoxy groups -OCH3 is 1. The molecule has 0 spiro atoms. The summed E-state index contributed by atoms with van der Waals surface area (Å²) >= 11 is 0. The Labute approximate surface area is 148 Å². The van der Waals surface area contributed by atoms with E-state index >= 15 is 0 Å². The zero-order valence-electron chi connectivity index (χ0n) is 14.6. The number of carbonyl (C=O) groups is 1. The van der Waals surface area contributed by atoms with E-state index < -0.39 is 17.6 Å². The summed E-state index contributed by atoms with van der Waals surface area (Å²) in [4.78, 5) is 33.5. The van der Waals surface area contributed by atoms with E-state index in [9.17, 15) is 14.7 Å². The maximum Gasteiger partial charge on any atom is 0.345 e. The number of hydrogen-bond donors (Lipinski definition) is 2. The lowest BCUT2D eigenvalue weighted by atomic mass is 10.1. The van der Waals surface area contributed by atoms with Crippen molar-refractivity contribution in [1.29, 1.82) is 0 Å². The number of carbonyl (C=O) groups excluding carboxylic acids is 1. The molecule has 0 saturated heterocycles. The summed E-state index contributed by atoms with van der Waals surface area (Å²) < 4.78 is 6.00. The third kappa shape index (κ3) is 2.80. The molecule has 0 amide bonds. The van der Waals surface area contributed by atoms with Gasteiger partial charge in [-0.2, -0.15) is 0 Å². The summed E-state index contributed by atoms with van der Waals surface area (Å²) in [5.74, 6) is -0.374. The molecule has 8 heteroatoms. The van der Waals surface area contributed by atoms with E-state index in [2.05, 4.69) is 9.97 Å². The number of aromatic nitrogens is 3. The number of nitrogens with zero attached hydrogens (tertiary/aromatic N) is 3. The molecule has 0 aliphatic carbocycles. The lowest BCUT2D eigenvalue weighted by Gasteiger charge is -2.15. The van der Waals surface area contributed by atoms with Crippen LogP contribution in [0.4, 0.5) is 5.69 Å². The van der Waals surface area contributed by atoms with E-state index in [0.29, 0.717) is 22.5 Å². The first-order chi connectivity index (χ1) is 12.3. The Hall–Kier alpha value is -3.26. The van der Waals surface area contributed by atoms with Gasteiger partial charge in [0.05, 0.1) is 30.0 Å². The summed E-state index contributed by atoms with van der Waals surface area (Å²) in [5, 5.41) is 10.0.